The number of alkyl halides is 3. The number of carbonyl (C=O) groups excluding carboxylic acids is 1. The predicted molar refractivity (Wildman–Crippen MR) is 123 cm³/mol. The number of halogens is 3. The zero-order valence-electron chi connectivity index (χ0n) is 19.4. The topological polar surface area (TPSA) is 70.4 Å². The number of hydrogen-bond donors (Lipinski definition) is 2. The SMILES string of the molecule is O=C(CNc1noc2ccc(C(F)(F)F)cc12)NC1CN([C@H]2CC[C@@H](C3CCCCC3)CC2)C1. The van der Waals surface area contributed by atoms with Crippen molar-refractivity contribution >= 4 is 22.7 Å². The lowest BCUT2D eigenvalue weighted by Crippen LogP contribution is -2.63. The third-order valence-corrected chi connectivity index (χ3v) is 8.06. The molecule has 2 N–H and O–H groups in total. The van der Waals surface area contributed by atoms with Crippen molar-refractivity contribution in [3.05, 3.63) is 23.8 Å². The van der Waals surface area contributed by atoms with Gasteiger partial charge in [0.1, 0.15) is 0 Å². The molecule has 5 rings (SSSR count). The average Bonchev–Trinajstić information content (AvgIpc) is 3.22. The number of rotatable bonds is 6. The van der Waals surface area contributed by atoms with Crippen LogP contribution in [0.15, 0.2) is 22.7 Å². The van der Waals surface area contributed by atoms with Gasteiger partial charge in [0.05, 0.1) is 23.5 Å². The summed E-state index contributed by atoms with van der Waals surface area (Å²) >= 11 is 0. The van der Waals surface area contributed by atoms with E-state index in [1.165, 1.54) is 63.9 Å². The normalized spacial score (nSPS) is 25.3. The number of nitrogens with zero attached hydrogens (tertiary/aromatic N) is 2. The van der Waals surface area contributed by atoms with Crippen molar-refractivity contribution in [2.75, 3.05) is 25.0 Å². The second-order valence-electron chi connectivity index (χ2n) is 10.3. The third-order valence-electron chi connectivity index (χ3n) is 8.06. The summed E-state index contributed by atoms with van der Waals surface area (Å²) in [4.78, 5) is 14.9. The number of benzene rings is 1. The minimum absolute atomic E-state index is 0.0686. The molecule has 3 fully saturated rings. The smallest absolute Gasteiger partial charge is 0.358 e. The van der Waals surface area contributed by atoms with Crippen molar-refractivity contribution in [2.24, 2.45) is 11.8 Å². The van der Waals surface area contributed by atoms with E-state index in [1.807, 2.05) is 0 Å². The number of amides is 1. The minimum Gasteiger partial charge on any atom is -0.358 e. The molecule has 9 heteroatoms. The molecule has 1 amide bonds. The first-order valence-electron chi connectivity index (χ1n) is 12.6. The van der Waals surface area contributed by atoms with Gasteiger partial charge in [-0.05, 0) is 55.7 Å². The molecule has 2 aromatic rings. The van der Waals surface area contributed by atoms with Gasteiger partial charge in [0.15, 0.2) is 11.4 Å². The Bertz CT molecular complexity index is 988. The van der Waals surface area contributed by atoms with Crippen molar-refractivity contribution in [1.82, 2.24) is 15.4 Å². The molecule has 0 atom stereocenters. The zero-order chi connectivity index (χ0) is 23.7. The van der Waals surface area contributed by atoms with E-state index in [4.69, 9.17) is 4.52 Å². The number of carbonyl (C=O) groups is 1. The number of hydrogen-bond acceptors (Lipinski definition) is 5. The molecule has 2 heterocycles. The standard InChI is InChI=1S/C25H33F3N4O2/c26-25(27,28)18-8-11-22-21(12-18)24(31-34-22)29-13-23(33)30-19-14-32(15-19)20-9-6-17(7-10-20)16-4-2-1-3-5-16/h8,11-12,16-17,19-20H,1-7,9-10,13-15H2,(H,29,31)(H,30,33)/t17-,20+. The molecule has 1 saturated heterocycles. The van der Waals surface area contributed by atoms with Crippen LogP contribution >= 0.6 is 0 Å². The molecular formula is C25H33F3N4O2. The Hall–Kier alpha value is -2.29. The van der Waals surface area contributed by atoms with Gasteiger partial charge in [-0.25, -0.2) is 0 Å². The summed E-state index contributed by atoms with van der Waals surface area (Å²) < 4.78 is 44.0. The first-order chi connectivity index (χ1) is 16.4. The van der Waals surface area contributed by atoms with Gasteiger partial charge >= 0.3 is 6.18 Å². The molecule has 0 spiro atoms. The Morgan fingerprint density at radius 3 is 2.44 bits per heavy atom. The van der Waals surface area contributed by atoms with E-state index in [-0.39, 0.29) is 35.3 Å². The number of anilines is 1. The molecule has 2 saturated carbocycles. The van der Waals surface area contributed by atoms with Crippen molar-refractivity contribution < 1.29 is 22.5 Å². The maximum absolute atomic E-state index is 13.0. The molecule has 1 aliphatic heterocycles. The van der Waals surface area contributed by atoms with E-state index in [1.54, 1.807) is 0 Å². The van der Waals surface area contributed by atoms with E-state index in [0.29, 0.717) is 6.04 Å². The summed E-state index contributed by atoms with van der Waals surface area (Å²) in [7, 11) is 0. The van der Waals surface area contributed by atoms with Gasteiger partial charge in [-0.1, -0.05) is 37.3 Å². The quantitative estimate of drug-likeness (QED) is 0.597. The van der Waals surface area contributed by atoms with Gasteiger partial charge < -0.3 is 15.2 Å². The Morgan fingerprint density at radius 2 is 1.74 bits per heavy atom. The summed E-state index contributed by atoms with van der Waals surface area (Å²) in [5.74, 6) is 1.81. The van der Waals surface area contributed by atoms with Crippen molar-refractivity contribution in [3.8, 4) is 0 Å². The van der Waals surface area contributed by atoms with Crippen LogP contribution in [0, 0.1) is 11.8 Å². The number of likely N-dealkylation sites (tertiary alicyclic amines) is 1. The molecule has 2 aliphatic carbocycles. The predicted octanol–water partition coefficient (Wildman–Crippen LogP) is 5.20. The van der Waals surface area contributed by atoms with Crippen molar-refractivity contribution in [3.63, 3.8) is 0 Å². The molecular weight excluding hydrogens is 445 g/mol. The lowest BCUT2D eigenvalue weighted by molar-refractivity contribution is -0.137. The van der Waals surface area contributed by atoms with E-state index in [0.717, 1.165) is 37.1 Å². The van der Waals surface area contributed by atoms with Crippen LogP contribution in [0.2, 0.25) is 0 Å². The maximum atomic E-state index is 13.0. The van der Waals surface area contributed by atoms with Gasteiger partial charge in [0.2, 0.25) is 5.91 Å². The molecule has 0 radical (unpaired) electrons. The van der Waals surface area contributed by atoms with Gasteiger partial charge in [0.25, 0.3) is 0 Å². The zero-order valence-corrected chi connectivity index (χ0v) is 19.4. The van der Waals surface area contributed by atoms with Gasteiger partial charge in [-0.2, -0.15) is 13.2 Å². The fourth-order valence-corrected chi connectivity index (χ4v) is 6.13. The monoisotopic (exact) mass is 478 g/mol. The first kappa shape index (κ1) is 23.5. The van der Waals surface area contributed by atoms with Gasteiger partial charge in [0, 0.05) is 19.1 Å². The number of fused-ring (bicyclic) bond motifs is 1. The van der Waals surface area contributed by atoms with Gasteiger partial charge in [-0.15, -0.1) is 0 Å². The fraction of sp³-hybridized carbons (Fsp3) is 0.680. The van der Waals surface area contributed by atoms with Crippen molar-refractivity contribution in [1.29, 1.82) is 0 Å². The number of aromatic nitrogens is 1. The second-order valence-corrected chi connectivity index (χ2v) is 10.3. The van der Waals surface area contributed by atoms with Crippen LogP contribution in [0.3, 0.4) is 0 Å². The Balaban J connectivity index is 1.04. The first-order valence-corrected chi connectivity index (χ1v) is 12.6. The summed E-state index contributed by atoms with van der Waals surface area (Å²) in [6, 6.07) is 3.93. The minimum atomic E-state index is -4.45. The van der Waals surface area contributed by atoms with E-state index in [2.05, 4.69) is 20.7 Å². The van der Waals surface area contributed by atoms with E-state index >= 15 is 0 Å². The molecule has 1 aromatic heterocycles. The summed E-state index contributed by atoms with van der Waals surface area (Å²) in [6.45, 7) is 1.67. The van der Waals surface area contributed by atoms with Crippen LogP contribution in [0.4, 0.5) is 19.0 Å². The number of nitrogens with one attached hydrogen (secondary N) is 2. The summed E-state index contributed by atoms with van der Waals surface area (Å²) in [5, 5.41) is 9.81. The lowest BCUT2D eigenvalue weighted by atomic mass is 9.72. The van der Waals surface area contributed by atoms with Crippen LogP contribution < -0.4 is 10.6 Å². The molecule has 186 valence electrons. The highest BCUT2D eigenvalue weighted by molar-refractivity contribution is 5.90. The lowest BCUT2D eigenvalue weighted by Gasteiger charge is -2.47. The third kappa shape index (κ3) is 5.19. The van der Waals surface area contributed by atoms with Crippen LogP contribution in [0.25, 0.3) is 11.0 Å². The highest BCUT2D eigenvalue weighted by Crippen LogP contribution is 2.40. The average molecular weight is 479 g/mol. The van der Waals surface area contributed by atoms with Crippen LogP contribution in [0.5, 0.6) is 0 Å². The van der Waals surface area contributed by atoms with E-state index < -0.39 is 11.7 Å². The van der Waals surface area contributed by atoms with Crippen LogP contribution in [0.1, 0.15) is 63.4 Å². The maximum Gasteiger partial charge on any atom is 0.416 e. The highest BCUT2D eigenvalue weighted by atomic mass is 19.4. The fourth-order valence-electron chi connectivity index (χ4n) is 6.13. The van der Waals surface area contributed by atoms with E-state index in [9.17, 15) is 18.0 Å². The summed E-state index contributed by atoms with van der Waals surface area (Å²) in [5.41, 5.74) is -0.540. The van der Waals surface area contributed by atoms with Gasteiger partial charge in [-0.3, -0.25) is 9.69 Å². The molecule has 0 unspecified atom stereocenters. The van der Waals surface area contributed by atoms with Crippen molar-refractivity contribution in [2.45, 2.75) is 76.0 Å². The van der Waals surface area contributed by atoms with Crippen LogP contribution in [-0.2, 0) is 11.0 Å². The summed E-state index contributed by atoms with van der Waals surface area (Å²) in [6.07, 6.45) is 7.85. The molecule has 34 heavy (non-hydrogen) atoms. The Kier molecular flexibility index (Phi) is 6.73. The Morgan fingerprint density at radius 1 is 1.03 bits per heavy atom. The largest absolute Gasteiger partial charge is 0.416 e. The molecule has 6 nitrogen and oxygen atoms in total. The second kappa shape index (κ2) is 9.76. The molecule has 1 aromatic carbocycles. The highest BCUT2D eigenvalue weighted by Gasteiger charge is 2.37. The molecule has 3 aliphatic rings. The Labute approximate surface area is 197 Å². The molecule has 0 bridgehead atoms. The van der Waals surface area contributed by atoms with Crippen LogP contribution in [-0.4, -0.2) is 47.7 Å².